The molecule has 2 atom stereocenters. The summed E-state index contributed by atoms with van der Waals surface area (Å²) in [6.07, 6.45) is 3.50. The van der Waals surface area contributed by atoms with Crippen LogP contribution in [0.5, 0.6) is 0 Å². The number of hydrogen-bond donors (Lipinski definition) is 4. The SMILES string of the molecule is O=C(O)[C@H](CCO)NC(=O)N1CCCCCC1CO. The highest BCUT2D eigenvalue weighted by atomic mass is 16.4. The highest BCUT2D eigenvalue weighted by Crippen LogP contribution is 2.16. The molecule has 0 radical (unpaired) electrons. The topological polar surface area (TPSA) is 110 Å². The van der Waals surface area contributed by atoms with E-state index in [4.69, 9.17) is 10.2 Å². The van der Waals surface area contributed by atoms with E-state index in [2.05, 4.69) is 5.32 Å². The maximum absolute atomic E-state index is 12.1. The Balaban J connectivity index is 2.64. The van der Waals surface area contributed by atoms with E-state index in [1.165, 1.54) is 4.90 Å². The van der Waals surface area contributed by atoms with Crippen LogP contribution in [0.15, 0.2) is 0 Å². The summed E-state index contributed by atoms with van der Waals surface area (Å²) in [4.78, 5) is 24.5. The van der Waals surface area contributed by atoms with Crippen LogP contribution in [0.3, 0.4) is 0 Å². The molecule has 1 rings (SSSR count). The number of aliphatic hydroxyl groups is 2. The van der Waals surface area contributed by atoms with E-state index < -0.39 is 18.0 Å². The second kappa shape index (κ2) is 7.96. The van der Waals surface area contributed by atoms with Gasteiger partial charge < -0.3 is 25.5 Å². The van der Waals surface area contributed by atoms with Gasteiger partial charge in [0.2, 0.25) is 0 Å². The number of carbonyl (C=O) groups is 2. The van der Waals surface area contributed by atoms with Gasteiger partial charge in [0.15, 0.2) is 0 Å². The second-order valence-corrected chi connectivity index (χ2v) is 4.73. The molecule has 110 valence electrons. The standard InChI is InChI=1S/C12H22N2O5/c15-7-5-10(11(17)18)13-12(19)14-6-3-1-2-4-9(14)8-16/h9-10,15-16H,1-8H2,(H,13,19)(H,17,18)/t9?,10-/m0/s1. The number of rotatable bonds is 5. The Morgan fingerprint density at radius 3 is 2.58 bits per heavy atom. The van der Waals surface area contributed by atoms with Crippen LogP contribution in [0.25, 0.3) is 0 Å². The van der Waals surface area contributed by atoms with Crippen molar-refractivity contribution in [3.63, 3.8) is 0 Å². The minimum Gasteiger partial charge on any atom is -0.480 e. The number of carboxylic acid groups (broad SMARTS) is 1. The van der Waals surface area contributed by atoms with Crippen LogP contribution >= 0.6 is 0 Å². The van der Waals surface area contributed by atoms with Crippen molar-refractivity contribution in [3.05, 3.63) is 0 Å². The van der Waals surface area contributed by atoms with E-state index in [-0.39, 0.29) is 25.7 Å². The molecule has 1 unspecified atom stereocenters. The van der Waals surface area contributed by atoms with Crippen molar-refractivity contribution in [3.8, 4) is 0 Å². The summed E-state index contributed by atoms with van der Waals surface area (Å²) in [5, 5.41) is 29.4. The summed E-state index contributed by atoms with van der Waals surface area (Å²) in [7, 11) is 0. The Bertz CT molecular complexity index is 310. The predicted molar refractivity (Wildman–Crippen MR) is 67.7 cm³/mol. The molecule has 1 aliphatic heterocycles. The summed E-state index contributed by atoms with van der Waals surface area (Å²) >= 11 is 0. The van der Waals surface area contributed by atoms with Gasteiger partial charge in [0.05, 0.1) is 12.6 Å². The minimum atomic E-state index is -1.17. The molecule has 1 fully saturated rings. The first-order valence-corrected chi connectivity index (χ1v) is 6.61. The van der Waals surface area contributed by atoms with Crippen LogP contribution in [0.4, 0.5) is 4.79 Å². The minimum absolute atomic E-state index is 0.0291. The lowest BCUT2D eigenvalue weighted by atomic mass is 10.1. The molecule has 4 N–H and O–H groups in total. The molecule has 0 saturated carbocycles. The van der Waals surface area contributed by atoms with E-state index in [1.807, 2.05) is 0 Å². The van der Waals surface area contributed by atoms with Crippen LogP contribution < -0.4 is 5.32 Å². The maximum Gasteiger partial charge on any atom is 0.326 e. The van der Waals surface area contributed by atoms with Gasteiger partial charge in [0.1, 0.15) is 6.04 Å². The van der Waals surface area contributed by atoms with Crippen molar-refractivity contribution in [2.45, 2.75) is 44.2 Å². The average molecular weight is 274 g/mol. The van der Waals surface area contributed by atoms with Crippen molar-refractivity contribution in [2.24, 2.45) is 0 Å². The zero-order valence-corrected chi connectivity index (χ0v) is 10.9. The molecule has 19 heavy (non-hydrogen) atoms. The molecule has 0 spiro atoms. The van der Waals surface area contributed by atoms with Crippen LogP contribution in [-0.4, -0.2) is 64.1 Å². The lowest BCUT2D eigenvalue weighted by Gasteiger charge is -2.30. The first kappa shape index (κ1) is 15.7. The average Bonchev–Trinajstić information content (AvgIpc) is 2.62. The smallest absolute Gasteiger partial charge is 0.326 e. The lowest BCUT2D eigenvalue weighted by molar-refractivity contribution is -0.139. The zero-order chi connectivity index (χ0) is 14.3. The Labute approximate surface area is 112 Å². The van der Waals surface area contributed by atoms with Gasteiger partial charge in [-0.25, -0.2) is 9.59 Å². The number of hydrogen-bond acceptors (Lipinski definition) is 4. The van der Waals surface area contributed by atoms with Crippen LogP contribution in [0.2, 0.25) is 0 Å². The predicted octanol–water partition coefficient (Wildman–Crippen LogP) is -0.231. The van der Waals surface area contributed by atoms with Gasteiger partial charge in [-0.05, 0) is 12.8 Å². The van der Waals surface area contributed by atoms with Crippen LogP contribution in [-0.2, 0) is 4.79 Å². The largest absolute Gasteiger partial charge is 0.480 e. The highest BCUT2D eigenvalue weighted by Gasteiger charge is 2.28. The number of aliphatic hydroxyl groups excluding tert-OH is 2. The van der Waals surface area contributed by atoms with Gasteiger partial charge >= 0.3 is 12.0 Å². The van der Waals surface area contributed by atoms with Gasteiger partial charge in [0.25, 0.3) is 0 Å². The maximum atomic E-state index is 12.1. The number of nitrogens with zero attached hydrogens (tertiary/aromatic N) is 1. The summed E-state index contributed by atoms with van der Waals surface area (Å²) in [6.45, 7) is 0.0916. The number of carboxylic acids is 1. The Morgan fingerprint density at radius 2 is 2.00 bits per heavy atom. The van der Waals surface area contributed by atoms with Crippen molar-refractivity contribution < 1.29 is 24.9 Å². The van der Waals surface area contributed by atoms with Crippen molar-refractivity contribution in [2.75, 3.05) is 19.8 Å². The zero-order valence-electron chi connectivity index (χ0n) is 10.9. The van der Waals surface area contributed by atoms with Gasteiger partial charge in [-0.3, -0.25) is 0 Å². The summed E-state index contributed by atoms with van der Waals surface area (Å²) < 4.78 is 0. The van der Waals surface area contributed by atoms with Gasteiger partial charge in [0, 0.05) is 19.6 Å². The van der Waals surface area contributed by atoms with Crippen LogP contribution in [0, 0.1) is 0 Å². The number of amides is 2. The van der Waals surface area contributed by atoms with E-state index in [0.29, 0.717) is 6.54 Å². The number of aliphatic carboxylic acids is 1. The van der Waals surface area contributed by atoms with Gasteiger partial charge in [-0.15, -0.1) is 0 Å². The first-order valence-electron chi connectivity index (χ1n) is 6.61. The molecule has 7 heteroatoms. The van der Waals surface area contributed by atoms with E-state index in [9.17, 15) is 14.7 Å². The second-order valence-electron chi connectivity index (χ2n) is 4.73. The van der Waals surface area contributed by atoms with E-state index >= 15 is 0 Å². The molecule has 1 aliphatic rings. The fourth-order valence-corrected chi connectivity index (χ4v) is 2.25. The van der Waals surface area contributed by atoms with Crippen molar-refractivity contribution in [1.29, 1.82) is 0 Å². The van der Waals surface area contributed by atoms with Crippen LogP contribution in [0.1, 0.15) is 32.1 Å². The molecule has 1 heterocycles. The molecule has 0 aromatic carbocycles. The molecule has 2 amide bonds. The van der Waals surface area contributed by atoms with Gasteiger partial charge in [-0.1, -0.05) is 12.8 Å². The molecule has 7 nitrogen and oxygen atoms in total. The third kappa shape index (κ3) is 4.68. The molecule has 1 saturated heterocycles. The molecular formula is C12H22N2O5. The summed E-state index contributed by atoms with van der Waals surface area (Å²) in [5.41, 5.74) is 0. The monoisotopic (exact) mass is 274 g/mol. The summed E-state index contributed by atoms with van der Waals surface area (Å²) in [6, 6.07) is -1.84. The number of nitrogens with one attached hydrogen (secondary N) is 1. The Morgan fingerprint density at radius 1 is 1.26 bits per heavy atom. The third-order valence-electron chi connectivity index (χ3n) is 3.36. The Kier molecular flexibility index (Phi) is 6.58. The van der Waals surface area contributed by atoms with Gasteiger partial charge in [-0.2, -0.15) is 0 Å². The number of carbonyl (C=O) groups excluding carboxylic acids is 1. The number of likely N-dealkylation sites (tertiary alicyclic amines) is 1. The summed E-state index contributed by atoms with van der Waals surface area (Å²) in [5.74, 6) is -1.17. The quantitative estimate of drug-likeness (QED) is 0.553. The normalized spacial score (nSPS) is 21.6. The lowest BCUT2D eigenvalue weighted by Crippen LogP contribution is -2.52. The van der Waals surface area contributed by atoms with Crippen molar-refractivity contribution >= 4 is 12.0 Å². The Hall–Kier alpha value is -1.34. The van der Waals surface area contributed by atoms with E-state index in [0.717, 1.165) is 25.7 Å². The fourth-order valence-electron chi connectivity index (χ4n) is 2.25. The third-order valence-corrected chi connectivity index (χ3v) is 3.36. The van der Waals surface area contributed by atoms with E-state index in [1.54, 1.807) is 0 Å². The molecule has 0 aliphatic carbocycles. The highest BCUT2D eigenvalue weighted by molar-refractivity contribution is 5.82. The first-order chi connectivity index (χ1) is 9.10. The fraction of sp³-hybridized carbons (Fsp3) is 0.833. The van der Waals surface area contributed by atoms with Crippen molar-refractivity contribution in [1.82, 2.24) is 10.2 Å². The molecule has 0 aromatic heterocycles. The molecular weight excluding hydrogens is 252 g/mol. The number of urea groups is 1. The molecule has 0 bridgehead atoms. The molecule has 0 aromatic rings.